The molecule has 0 fully saturated rings. The standard InChI is InChI=1S/C15H17Br3N2O/c1-3-12-15(18)13(20(4-2)19-12)8-14(21)9-5-6-10(16)11(17)7-9/h5-7,14,21H,3-4,8H2,1-2H3. The van der Waals surface area contributed by atoms with Gasteiger partial charge in [-0.3, -0.25) is 4.68 Å². The van der Waals surface area contributed by atoms with Crippen LogP contribution in [0.1, 0.15) is 36.9 Å². The summed E-state index contributed by atoms with van der Waals surface area (Å²) in [4.78, 5) is 0. The Balaban J connectivity index is 2.28. The maximum atomic E-state index is 10.5. The fourth-order valence-electron chi connectivity index (χ4n) is 2.23. The molecule has 6 heteroatoms. The zero-order chi connectivity index (χ0) is 15.6. The summed E-state index contributed by atoms with van der Waals surface area (Å²) in [6, 6.07) is 5.81. The Morgan fingerprint density at radius 2 is 1.90 bits per heavy atom. The van der Waals surface area contributed by atoms with E-state index in [1.165, 1.54) is 0 Å². The van der Waals surface area contributed by atoms with E-state index >= 15 is 0 Å². The smallest absolute Gasteiger partial charge is 0.0846 e. The van der Waals surface area contributed by atoms with Crippen LogP contribution in [-0.4, -0.2) is 14.9 Å². The molecule has 1 N–H and O–H groups in total. The number of hydrogen-bond acceptors (Lipinski definition) is 2. The zero-order valence-electron chi connectivity index (χ0n) is 11.9. The average molecular weight is 481 g/mol. The SMILES string of the molecule is CCc1nn(CC)c(CC(O)c2ccc(Br)c(Br)c2)c1Br. The van der Waals surface area contributed by atoms with Gasteiger partial charge in [0.2, 0.25) is 0 Å². The van der Waals surface area contributed by atoms with E-state index in [1.807, 2.05) is 22.9 Å². The molecule has 0 saturated carbocycles. The summed E-state index contributed by atoms with van der Waals surface area (Å²) in [5.74, 6) is 0. The molecule has 0 saturated heterocycles. The number of aromatic nitrogens is 2. The van der Waals surface area contributed by atoms with E-state index in [9.17, 15) is 5.11 Å². The Bertz CT molecular complexity index is 640. The molecule has 1 unspecified atom stereocenters. The van der Waals surface area contributed by atoms with Crippen LogP contribution in [0.3, 0.4) is 0 Å². The van der Waals surface area contributed by atoms with Gasteiger partial charge < -0.3 is 5.11 Å². The van der Waals surface area contributed by atoms with E-state index in [0.717, 1.165) is 43.3 Å². The molecule has 0 aliphatic carbocycles. The van der Waals surface area contributed by atoms with Crippen LogP contribution in [0.4, 0.5) is 0 Å². The Hall–Kier alpha value is -0.170. The van der Waals surface area contributed by atoms with E-state index < -0.39 is 6.10 Å². The van der Waals surface area contributed by atoms with Gasteiger partial charge in [-0.05, 0) is 78.8 Å². The second kappa shape index (κ2) is 7.40. The fourth-order valence-corrected chi connectivity index (χ4v) is 3.60. The lowest BCUT2D eigenvalue weighted by Crippen LogP contribution is -2.09. The second-order valence-corrected chi connectivity index (χ2v) is 7.27. The molecule has 1 aromatic heterocycles. The van der Waals surface area contributed by atoms with Gasteiger partial charge in [0, 0.05) is 21.9 Å². The molecule has 2 aromatic rings. The van der Waals surface area contributed by atoms with Gasteiger partial charge in [0.25, 0.3) is 0 Å². The van der Waals surface area contributed by atoms with Crippen molar-refractivity contribution in [1.82, 2.24) is 9.78 Å². The maximum absolute atomic E-state index is 10.5. The molecular formula is C15H17Br3N2O. The summed E-state index contributed by atoms with van der Waals surface area (Å²) >= 11 is 10.5. The van der Waals surface area contributed by atoms with Crippen molar-refractivity contribution in [3.63, 3.8) is 0 Å². The third-order valence-corrected chi connectivity index (χ3v) is 6.20. The maximum Gasteiger partial charge on any atom is 0.0846 e. The van der Waals surface area contributed by atoms with Gasteiger partial charge in [-0.25, -0.2) is 0 Å². The highest BCUT2D eigenvalue weighted by Crippen LogP contribution is 2.30. The Kier molecular flexibility index (Phi) is 6.05. The number of benzene rings is 1. The number of rotatable bonds is 5. The first-order valence-electron chi connectivity index (χ1n) is 6.84. The Labute approximate surface area is 150 Å². The van der Waals surface area contributed by atoms with Crippen LogP contribution in [-0.2, 0) is 19.4 Å². The van der Waals surface area contributed by atoms with Gasteiger partial charge >= 0.3 is 0 Å². The summed E-state index contributed by atoms with van der Waals surface area (Å²) in [7, 11) is 0. The van der Waals surface area contributed by atoms with Crippen molar-refractivity contribution >= 4 is 47.8 Å². The summed E-state index contributed by atoms with van der Waals surface area (Å²) in [6.45, 7) is 4.94. The number of halogens is 3. The minimum absolute atomic E-state index is 0.537. The predicted molar refractivity (Wildman–Crippen MR) is 95.5 cm³/mol. The zero-order valence-corrected chi connectivity index (χ0v) is 16.7. The highest BCUT2D eigenvalue weighted by molar-refractivity contribution is 9.13. The van der Waals surface area contributed by atoms with Crippen molar-refractivity contribution in [3.05, 3.63) is 48.6 Å². The molecular weight excluding hydrogens is 464 g/mol. The molecule has 1 aromatic carbocycles. The van der Waals surface area contributed by atoms with Crippen molar-refractivity contribution in [3.8, 4) is 0 Å². The molecule has 0 bridgehead atoms. The monoisotopic (exact) mass is 478 g/mol. The number of hydrogen-bond donors (Lipinski definition) is 1. The highest BCUT2D eigenvalue weighted by atomic mass is 79.9. The Morgan fingerprint density at radius 1 is 1.19 bits per heavy atom. The van der Waals surface area contributed by atoms with E-state index in [2.05, 4.69) is 66.7 Å². The molecule has 114 valence electrons. The van der Waals surface area contributed by atoms with Crippen LogP contribution < -0.4 is 0 Å². The van der Waals surface area contributed by atoms with Gasteiger partial charge in [-0.2, -0.15) is 5.10 Å². The predicted octanol–water partition coefficient (Wildman–Crippen LogP) is 5.03. The van der Waals surface area contributed by atoms with Gasteiger partial charge in [-0.15, -0.1) is 0 Å². The molecule has 2 rings (SSSR count). The van der Waals surface area contributed by atoms with Crippen LogP contribution in [0.2, 0.25) is 0 Å². The van der Waals surface area contributed by atoms with E-state index in [4.69, 9.17) is 0 Å². The molecule has 0 spiro atoms. The molecule has 0 aliphatic heterocycles. The minimum Gasteiger partial charge on any atom is -0.388 e. The lowest BCUT2D eigenvalue weighted by atomic mass is 10.0. The van der Waals surface area contributed by atoms with Crippen LogP contribution in [0.25, 0.3) is 0 Å². The molecule has 1 heterocycles. The van der Waals surface area contributed by atoms with Gasteiger partial charge in [0.15, 0.2) is 0 Å². The van der Waals surface area contributed by atoms with Gasteiger partial charge in [-0.1, -0.05) is 13.0 Å². The molecule has 0 aliphatic rings. The van der Waals surface area contributed by atoms with E-state index in [0.29, 0.717) is 6.42 Å². The lowest BCUT2D eigenvalue weighted by molar-refractivity contribution is 0.175. The molecule has 0 radical (unpaired) electrons. The van der Waals surface area contributed by atoms with Crippen molar-refractivity contribution < 1.29 is 5.11 Å². The van der Waals surface area contributed by atoms with Crippen molar-refractivity contribution in [2.75, 3.05) is 0 Å². The third kappa shape index (κ3) is 3.78. The van der Waals surface area contributed by atoms with E-state index in [-0.39, 0.29) is 0 Å². The molecule has 1 atom stereocenters. The first kappa shape index (κ1) is 17.2. The van der Waals surface area contributed by atoms with Crippen molar-refractivity contribution in [2.45, 2.75) is 39.3 Å². The first-order chi connectivity index (χ1) is 9.97. The van der Waals surface area contributed by atoms with Crippen LogP contribution >= 0.6 is 47.8 Å². The highest BCUT2D eigenvalue weighted by Gasteiger charge is 2.18. The minimum atomic E-state index is -0.558. The average Bonchev–Trinajstić information content (AvgIpc) is 2.78. The number of nitrogens with zero attached hydrogens (tertiary/aromatic N) is 2. The largest absolute Gasteiger partial charge is 0.388 e. The lowest BCUT2D eigenvalue weighted by Gasteiger charge is -2.13. The van der Waals surface area contributed by atoms with E-state index in [1.54, 1.807) is 0 Å². The topological polar surface area (TPSA) is 38.0 Å². The molecule has 3 nitrogen and oxygen atoms in total. The summed E-state index contributed by atoms with van der Waals surface area (Å²) in [5, 5.41) is 15.1. The molecule has 21 heavy (non-hydrogen) atoms. The van der Waals surface area contributed by atoms with Crippen LogP contribution in [0, 0.1) is 0 Å². The summed E-state index contributed by atoms with van der Waals surface area (Å²) in [6.07, 6.45) is 0.855. The van der Waals surface area contributed by atoms with Gasteiger partial charge in [0.1, 0.15) is 0 Å². The molecule has 0 amide bonds. The normalized spacial score (nSPS) is 12.7. The first-order valence-corrected chi connectivity index (χ1v) is 9.22. The number of aryl methyl sites for hydroxylation is 2. The summed E-state index contributed by atoms with van der Waals surface area (Å²) < 4.78 is 4.89. The summed E-state index contributed by atoms with van der Waals surface area (Å²) in [5.41, 5.74) is 2.97. The fraction of sp³-hybridized carbons (Fsp3) is 0.400. The van der Waals surface area contributed by atoms with Crippen molar-refractivity contribution in [2.24, 2.45) is 0 Å². The van der Waals surface area contributed by atoms with Crippen LogP contribution in [0.15, 0.2) is 31.6 Å². The number of aliphatic hydroxyl groups excluding tert-OH is 1. The Morgan fingerprint density at radius 3 is 2.48 bits per heavy atom. The quantitative estimate of drug-likeness (QED) is 0.651. The third-order valence-electron chi connectivity index (χ3n) is 3.41. The second-order valence-electron chi connectivity index (χ2n) is 4.77. The van der Waals surface area contributed by atoms with Crippen molar-refractivity contribution in [1.29, 1.82) is 0 Å². The van der Waals surface area contributed by atoms with Gasteiger partial charge in [0.05, 0.1) is 22.0 Å². The van der Waals surface area contributed by atoms with Crippen LogP contribution in [0.5, 0.6) is 0 Å². The number of aliphatic hydroxyl groups is 1.